The van der Waals surface area contributed by atoms with Crippen LogP contribution in [0.1, 0.15) is 58.4 Å². The predicted octanol–water partition coefficient (Wildman–Crippen LogP) is 3.59. The first-order valence-corrected chi connectivity index (χ1v) is 9.86. The fourth-order valence-electron chi connectivity index (χ4n) is 3.33. The van der Waals surface area contributed by atoms with E-state index in [4.69, 9.17) is 0 Å². The quantitative estimate of drug-likeness (QED) is 0.749. The van der Waals surface area contributed by atoms with E-state index in [0.717, 1.165) is 31.5 Å². The number of carbonyl (C=O) groups excluding carboxylic acids is 3. The lowest BCUT2D eigenvalue weighted by molar-refractivity contribution is -0.121. The van der Waals surface area contributed by atoms with Crippen molar-refractivity contribution in [3.05, 3.63) is 71.3 Å². The molecular weight excluding hydrogens is 352 g/mol. The van der Waals surface area contributed by atoms with Crippen molar-refractivity contribution in [3.8, 4) is 0 Å². The molecule has 5 heteroatoms. The van der Waals surface area contributed by atoms with E-state index in [-0.39, 0.29) is 30.4 Å². The fraction of sp³-hybridized carbons (Fsp3) is 0.348. The normalized spacial score (nSPS) is 13.8. The van der Waals surface area contributed by atoms with E-state index >= 15 is 0 Å². The predicted molar refractivity (Wildman–Crippen MR) is 108 cm³/mol. The Morgan fingerprint density at radius 1 is 0.786 bits per heavy atom. The Hall–Kier alpha value is -2.95. The average Bonchev–Trinajstić information content (AvgIpc) is 2.77. The zero-order valence-electron chi connectivity index (χ0n) is 16.0. The molecule has 1 aliphatic heterocycles. The highest BCUT2D eigenvalue weighted by atomic mass is 16.2. The van der Waals surface area contributed by atoms with Crippen molar-refractivity contribution < 1.29 is 14.4 Å². The summed E-state index contributed by atoms with van der Waals surface area (Å²) in [6.07, 6.45) is 3.70. The van der Waals surface area contributed by atoms with Gasteiger partial charge in [0.25, 0.3) is 5.91 Å². The molecule has 0 bridgehead atoms. The second-order valence-corrected chi connectivity index (χ2v) is 7.12. The van der Waals surface area contributed by atoms with E-state index in [0.29, 0.717) is 17.7 Å². The number of piperidine rings is 1. The number of likely N-dealkylation sites (tertiary alicyclic amines) is 1. The first-order valence-electron chi connectivity index (χ1n) is 9.86. The van der Waals surface area contributed by atoms with Crippen LogP contribution in [0.25, 0.3) is 0 Å². The van der Waals surface area contributed by atoms with Gasteiger partial charge in [-0.05, 0) is 37.0 Å². The van der Waals surface area contributed by atoms with Gasteiger partial charge in [0.15, 0.2) is 5.78 Å². The van der Waals surface area contributed by atoms with Gasteiger partial charge in [-0.3, -0.25) is 14.4 Å². The summed E-state index contributed by atoms with van der Waals surface area (Å²) in [5.41, 5.74) is 2.24. The van der Waals surface area contributed by atoms with Crippen molar-refractivity contribution in [2.24, 2.45) is 0 Å². The number of benzene rings is 2. The first-order chi connectivity index (χ1) is 13.6. The Kier molecular flexibility index (Phi) is 6.95. The molecule has 3 rings (SSSR count). The molecule has 5 nitrogen and oxygen atoms in total. The Labute approximate surface area is 165 Å². The molecule has 1 saturated heterocycles. The second-order valence-electron chi connectivity index (χ2n) is 7.12. The van der Waals surface area contributed by atoms with Gasteiger partial charge >= 0.3 is 0 Å². The van der Waals surface area contributed by atoms with Gasteiger partial charge in [-0.2, -0.15) is 0 Å². The number of nitrogens with one attached hydrogen (secondary N) is 1. The van der Waals surface area contributed by atoms with Crippen molar-refractivity contribution in [3.63, 3.8) is 0 Å². The van der Waals surface area contributed by atoms with Crippen LogP contribution < -0.4 is 5.32 Å². The molecule has 0 radical (unpaired) electrons. The molecule has 0 atom stereocenters. The molecule has 2 aromatic rings. The number of carbonyl (C=O) groups is 3. The average molecular weight is 378 g/mol. The third kappa shape index (κ3) is 5.52. The number of hydrogen-bond donors (Lipinski definition) is 1. The molecule has 1 aliphatic rings. The first kappa shape index (κ1) is 19.8. The summed E-state index contributed by atoms with van der Waals surface area (Å²) in [5, 5.41) is 2.83. The zero-order valence-corrected chi connectivity index (χ0v) is 16.0. The summed E-state index contributed by atoms with van der Waals surface area (Å²) in [6, 6.07) is 16.4. The summed E-state index contributed by atoms with van der Waals surface area (Å²) < 4.78 is 0. The summed E-state index contributed by atoms with van der Waals surface area (Å²) in [5.74, 6) is -0.108. The number of ketones is 1. The summed E-state index contributed by atoms with van der Waals surface area (Å²) in [7, 11) is 0. The maximum atomic E-state index is 12.5. The molecule has 0 aromatic heterocycles. The van der Waals surface area contributed by atoms with Crippen LogP contribution in [0.4, 0.5) is 0 Å². The van der Waals surface area contributed by atoms with Crippen molar-refractivity contribution in [1.82, 2.24) is 10.2 Å². The van der Waals surface area contributed by atoms with Crippen LogP contribution in [0.3, 0.4) is 0 Å². The fourth-order valence-corrected chi connectivity index (χ4v) is 3.33. The van der Waals surface area contributed by atoms with Crippen molar-refractivity contribution >= 4 is 17.6 Å². The maximum absolute atomic E-state index is 12.5. The van der Waals surface area contributed by atoms with Crippen LogP contribution in [-0.2, 0) is 11.3 Å². The van der Waals surface area contributed by atoms with E-state index < -0.39 is 0 Å². The minimum Gasteiger partial charge on any atom is -0.352 e. The Morgan fingerprint density at radius 3 is 2.14 bits per heavy atom. The minimum absolute atomic E-state index is 0.0312. The van der Waals surface area contributed by atoms with Gasteiger partial charge in [-0.15, -0.1) is 0 Å². The third-order valence-corrected chi connectivity index (χ3v) is 5.01. The molecule has 0 unspecified atom stereocenters. The molecule has 0 spiro atoms. The molecule has 28 heavy (non-hydrogen) atoms. The van der Waals surface area contributed by atoms with E-state index in [9.17, 15) is 14.4 Å². The molecular formula is C23H26N2O3. The molecule has 0 aliphatic carbocycles. The Morgan fingerprint density at radius 2 is 1.46 bits per heavy atom. The lowest BCUT2D eigenvalue weighted by Gasteiger charge is -2.26. The Bertz CT molecular complexity index is 810. The monoisotopic (exact) mass is 378 g/mol. The van der Waals surface area contributed by atoms with Gasteiger partial charge in [0.1, 0.15) is 0 Å². The van der Waals surface area contributed by atoms with Gasteiger partial charge in [-0.25, -0.2) is 0 Å². The van der Waals surface area contributed by atoms with Crippen molar-refractivity contribution in [2.45, 2.75) is 38.6 Å². The highest BCUT2D eigenvalue weighted by molar-refractivity contribution is 5.98. The standard InChI is InChI=1S/C23H26N2O3/c26-21(19-7-3-1-4-8-19)13-14-22(27)24-17-18-9-11-20(12-10-18)23(28)25-15-5-2-6-16-25/h1,3-4,7-12H,2,5-6,13-17H2,(H,24,27). The van der Waals surface area contributed by atoms with Crippen LogP contribution in [0, 0.1) is 0 Å². The molecule has 146 valence electrons. The van der Waals surface area contributed by atoms with Gasteiger partial charge in [0.05, 0.1) is 0 Å². The lowest BCUT2D eigenvalue weighted by atomic mass is 10.1. The second kappa shape index (κ2) is 9.83. The molecule has 0 saturated carbocycles. The summed E-state index contributed by atoms with van der Waals surface area (Å²) in [4.78, 5) is 38.4. The smallest absolute Gasteiger partial charge is 0.253 e. The van der Waals surface area contributed by atoms with E-state index in [1.54, 1.807) is 12.1 Å². The SMILES string of the molecule is O=C(CCC(=O)c1ccccc1)NCc1ccc(C(=O)N2CCCCC2)cc1. The van der Waals surface area contributed by atoms with Crippen LogP contribution in [0.15, 0.2) is 54.6 Å². The maximum Gasteiger partial charge on any atom is 0.253 e. The summed E-state index contributed by atoms with van der Waals surface area (Å²) in [6.45, 7) is 2.05. The molecule has 2 amide bonds. The molecule has 2 aromatic carbocycles. The van der Waals surface area contributed by atoms with Crippen LogP contribution >= 0.6 is 0 Å². The largest absolute Gasteiger partial charge is 0.352 e. The van der Waals surface area contributed by atoms with Crippen LogP contribution in [0.5, 0.6) is 0 Å². The molecule has 1 fully saturated rings. The third-order valence-electron chi connectivity index (χ3n) is 5.01. The van der Waals surface area contributed by atoms with Crippen LogP contribution in [0.2, 0.25) is 0 Å². The van der Waals surface area contributed by atoms with Gasteiger partial charge < -0.3 is 10.2 Å². The van der Waals surface area contributed by atoms with E-state index in [1.807, 2.05) is 47.4 Å². The van der Waals surface area contributed by atoms with E-state index in [1.165, 1.54) is 6.42 Å². The van der Waals surface area contributed by atoms with Gasteiger partial charge in [0, 0.05) is 43.6 Å². The van der Waals surface area contributed by atoms with Crippen molar-refractivity contribution in [1.29, 1.82) is 0 Å². The number of rotatable bonds is 7. The highest BCUT2D eigenvalue weighted by Crippen LogP contribution is 2.14. The zero-order chi connectivity index (χ0) is 19.8. The Balaban J connectivity index is 1.43. The minimum atomic E-state index is -0.155. The van der Waals surface area contributed by atoms with Gasteiger partial charge in [-0.1, -0.05) is 42.5 Å². The number of Topliss-reactive ketones (excluding diaryl/α,β-unsaturated/α-hetero) is 1. The number of amides is 2. The number of hydrogen-bond acceptors (Lipinski definition) is 3. The van der Waals surface area contributed by atoms with Gasteiger partial charge in [0.2, 0.25) is 5.91 Å². The molecule has 1 heterocycles. The molecule has 1 N–H and O–H groups in total. The van der Waals surface area contributed by atoms with E-state index in [2.05, 4.69) is 5.32 Å². The number of nitrogens with zero attached hydrogens (tertiary/aromatic N) is 1. The lowest BCUT2D eigenvalue weighted by Crippen LogP contribution is -2.35. The van der Waals surface area contributed by atoms with Crippen molar-refractivity contribution in [2.75, 3.05) is 13.1 Å². The topological polar surface area (TPSA) is 66.5 Å². The van der Waals surface area contributed by atoms with Crippen LogP contribution in [-0.4, -0.2) is 35.6 Å². The highest BCUT2D eigenvalue weighted by Gasteiger charge is 2.17. The summed E-state index contributed by atoms with van der Waals surface area (Å²) >= 11 is 0.